The summed E-state index contributed by atoms with van der Waals surface area (Å²) in [5, 5.41) is 13.4. The molecule has 0 atom stereocenters. The van der Waals surface area contributed by atoms with Crippen LogP contribution in [0.3, 0.4) is 0 Å². The summed E-state index contributed by atoms with van der Waals surface area (Å²) in [6, 6.07) is 13.6. The van der Waals surface area contributed by atoms with Crippen LogP contribution in [0.2, 0.25) is 0 Å². The number of carboxylic acid groups (broad SMARTS) is 1. The number of pyridine rings is 1. The highest BCUT2D eigenvalue weighted by atomic mass is 19.4. The lowest BCUT2D eigenvalue weighted by Gasteiger charge is -2.12. The van der Waals surface area contributed by atoms with Gasteiger partial charge in [-0.15, -0.1) is 0 Å². The quantitative estimate of drug-likeness (QED) is 0.210. The van der Waals surface area contributed by atoms with Crippen LogP contribution in [0.15, 0.2) is 76.3 Å². The monoisotopic (exact) mass is 542 g/mol. The molecule has 0 aliphatic carbocycles. The summed E-state index contributed by atoms with van der Waals surface area (Å²) in [6.45, 7) is 1.87. The minimum Gasteiger partial charge on any atom is -0.475 e. The van der Waals surface area contributed by atoms with Gasteiger partial charge in [-0.3, -0.25) is 9.97 Å². The number of fused-ring (bicyclic) bond motifs is 1. The van der Waals surface area contributed by atoms with E-state index in [1.54, 1.807) is 61.1 Å². The summed E-state index contributed by atoms with van der Waals surface area (Å²) >= 11 is 0. The fourth-order valence-electron chi connectivity index (χ4n) is 3.27. The van der Waals surface area contributed by atoms with Crippen molar-refractivity contribution in [1.82, 2.24) is 19.9 Å². The molecule has 0 spiro atoms. The second kappa shape index (κ2) is 11.0. The number of benzene rings is 2. The highest BCUT2D eigenvalue weighted by molar-refractivity contribution is 5.78. The van der Waals surface area contributed by atoms with Crippen molar-refractivity contribution in [1.29, 1.82) is 0 Å². The van der Waals surface area contributed by atoms with Crippen molar-refractivity contribution in [2.45, 2.75) is 13.1 Å². The van der Waals surface area contributed by atoms with E-state index >= 15 is 0 Å². The highest BCUT2D eigenvalue weighted by Crippen LogP contribution is 2.27. The summed E-state index contributed by atoms with van der Waals surface area (Å²) in [4.78, 5) is 35.7. The molecule has 0 aliphatic rings. The molecule has 3 heterocycles. The number of carbonyl (C=O) groups is 1. The highest BCUT2D eigenvalue weighted by Gasteiger charge is 2.38. The van der Waals surface area contributed by atoms with Crippen LogP contribution in [0.5, 0.6) is 0 Å². The van der Waals surface area contributed by atoms with Crippen LogP contribution < -0.4 is 16.4 Å². The smallest absolute Gasteiger partial charge is 0.475 e. The van der Waals surface area contributed by atoms with Gasteiger partial charge in [-0.1, -0.05) is 6.07 Å². The molecule has 39 heavy (non-hydrogen) atoms. The largest absolute Gasteiger partial charge is 0.490 e. The van der Waals surface area contributed by atoms with E-state index in [0.717, 1.165) is 5.56 Å². The van der Waals surface area contributed by atoms with E-state index in [1.165, 1.54) is 6.07 Å². The summed E-state index contributed by atoms with van der Waals surface area (Å²) < 4.78 is 51.4. The van der Waals surface area contributed by atoms with Gasteiger partial charge >= 0.3 is 17.9 Å². The topological polar surface area (TPSA) is 146 Å². The number of aromatic amines is 1. The Morgan fingerprint density at radius 2 is 1.77 bits per heavy atom. The first-order chi connectivity index (χ1) is 18.5. The number of aryl methyl sites for hydroxylation is 1. The Labute approximate surface area is 216 Å². The normalized spacial score (nSPS) is 11.0. The maximum absolute atomic E-state index is 14.6. The summed E-state index contributed by atoms with van der Waals surface area (Å²) in [7, 11) is 0. The van der Waals surface area contributed by atoms with Gasteiger partial charge in [0.2, 0.25) is 5.95 Å². The van der Waals surface area contributed by atoms with Gasteiger partial charge in [0.1, 0.15) is 11.6 Å². The van der Waals surface area contributed by atoms with Crippen molar-refractivity contribution in [2.24, 2.45) is 0 Å². The summed E-state index contributed by atoms with van der Waals surface area (Å²) in [5.41, 5.74) is 4.26. The van der Waals surface area contributed by atoms with Gasteiger partial charge in [-0.2, -0.15) is 18.2 Å². The third-order valence-corrected chi connectivity index (χ3v) is 5.09. The zero-order chi connectivity index (χ0) is 28.2. The average molecular weight is 542 g/mol. The number of oxazole rings is 1. The lowest BCUT2D eigenvalue weighted by molar-refractivity contribution is -0.192. The van der Waals surface area contributed by atoms with Gasteiger partial charge in [-0.25, -0.2) is 19.0 Å². The molecule has 10 nitrogen and oxygen atoms in total. The second-order valence-electron chi connectivity index (χ2n) is 7.94. The standard InChI is InChI=1S/C23H17FN6O2.C2HF3O2/c1-13-11-26-22(28-15-4-6-17(18(24)9-15)14-3-2-8-25-12-14)30-21(13)27-16-5-7-20-19(10-16)29-23(31)32-20;3-2(4,5)1(6)7/h2-12H,1H3,(H,29,31)(H2,26,27,28,30);(H,6,7). The molecule has 0 saturated heterocycles. The van der Waals surface area contributed by atoms with E-state index in [2.05, 4.69) is 30.6 Å². The Balaban J connectivity index is 0.000000448. The van der Waals surface area contributed by atoms with E-state index in [-0.39, 0.29) is 5.82 Å². The SMILES string of the molecule is Cc1cnc(Nc2ccc(-c3cccnc3)c(F)c2)nc1Nc1ccc2oc(=O)[nH]c2c1.O=C(O)C(F)(F)F. The Bertz CT molecular complexity index is 1690. The first kappa shape index (κ1) is 26.8. The Morgan fingerprint density at radius 3 is 2.44 bits per heavy atom. The van der Waals surface area contributed by atoms with E-state index in [4.69, 9.17) is 14.3 Å². The molecule has 200 valence electrons. The van der Waals surface area contributed by atoms with Gasteiger partial charge in [0.05, 0.1) is 5.52 Å². The van der Waals surface area contributed by atoms with Crippen LogP contribution >= 0.6 is 0 Å². The third kappa shape index (κ3) is 6.74. The average Bonchev–Trinajstić information content (AvgIpc) is 3.26. The molecule has 3 aromatic heterocycles. The van der Waals surface area contributed by atoms with Crippen molar-refractivity contribution >= 4 is 40.2 Å². The van der Waals surface area contributed by atoms with Gasteiger partial charge in [-0.05, 0) is 49.4 Å². The molecular weight excluding hydrogens is 524 g/mol. The molecule has 0 radical (unpaired) electrons. The molecular formula is C25H18F4N6O4. The molecule has 0 aliphatic heterocycles. The van der Waals surface area contributed by atoms with Crippen molar-refractivity contribution in [3.8, 4) is 11.1 Å². The van der Waals surface area contributed by atoms with Gasteiger partial charge in [0.15, 0.2) is 5.58 Å². The predicted octanol–water partition coefficient (Wildman–Crippen LogP) is 5.54. The zero-order valence-electron chi connectivity index (χ0n) is 19.9. The van der Waals surface area contributed by atoms with Crippen LogP contribution in [-0.4, -0.2) is 37.2 Å². The van der Waals surface area contributed by atoms with Crippen molar-refractivity contribution < 1.29 is 31.9 Å². The Morgan fingerprint density at radius 1 is 1.05 bits per heavy atom. The number of alkyl halides is 3. The fourth-order valence-corrected chi connectivity index (χ4v) is 3.27. The number of carboxylic acids is 1. The van der Waals surface area contributed by atoms with Crippen LogP contribution in [0.4, 0.5) is 40.7 Å². The lowest BCUT2D eigenvalue weighted by atomic mass is 10.1. The van der Waals surface area contributed by atoms with Crippen LogP contribution in [0.1, 0.15) is 5.56 Å². The molecule has 14 heteroatoms. The fraction of sp³-hybridized carbons (Fsp3) is 0.0800. The van der Waals surface area contributed by atoms with Crippen LogP contribution in [-0.2, 0) is 4.79 Å². The summed E-state index contributed by atoms with van der Waals surface area (Å²) in [5.74, 6) is -2.77. The number of nitrogens with one attached hydrogen (secondary N) is 3. The molecule has 4 N–H and O–H groups in total. The van der Waals surface area contributed by atoms with Crippen LogP contribution in [0, 0.1) is 12.7 Å². The zero-order valence-corrected chi connectivity index (χ0v) is 19.9. The van der Waals surface area contributed by atoms with E-state index in [9.17, 15) is 22.4 Å². The first-order valence-corrected chi connectivity index (χ1v) is 11.0. The van der Waals surface area contributed by atoms with E-state index in [0.29, 0.717) is 45.4 Å². The number of aliphatic carboxylic acids is 1. The molecule has 2 aromatic carbocycles. The van der Waals surface area contributed by atoms with Gasteiger partial charge in [0, 0.05) is 46.7 Å². The Kier molecular flexibility index (Phi) is 7.56. The van der Waals surface area contributed by atoms with Gasteiger partial charge < -0.3 is 20.2 Å². The molecule has 5 aromatic rings. The molecule has 0 bridgehead atoms. The number of hydrogen-bond donors (Lipinski definition) is 4. The van der Waals surface area contributed by atoms with E-state index in [1.807, 2.05) is 6.92 Å². The third-order valence-electron chi connectivity index (χ3n) is 5.09. The molecule has 0 fully saturated rings. The maximum atomic E-state index is 14.6. The van der Waals surface area contributed by atoms with Crippen molar-refractivity contribution in [3.05, 3.63) is 89.1 Å². The number of rotatable bonds is 5. The molecule has 0 saturated carbocycles. The van der Waals surface area contributed by atoms with Gasteiger partial charge in [0.25, 0.3) is 0 Å². The number of H-pyrrole nitrogens is 1. The predicted molar refractivity (Wildman–Crippen MR) is 133 cm³/mol. The number of aromatic nitrogens is 4. The van der Waals surface area contributed by atoms with Crippen molar-refractivity contribution in [2.75, 3.05) is 10.6 Å². The number of anilines is 4. The maximum Gasteiger partial charge on any atom is 0.490 e. The number of halogens is 4. The molecule has 0 amide bonds. The molecule has 0 unspecified atom stereocenters. The number of nitrogens with zero attached hydrogens (tertiary/aromatic N) is 3. The Hall–Kier alpha value is -5.27. The minimum absolute atomic E-state index is 0.310. The van der Waals surface area contributed by atoms with Crippen molar-refractivity contribution in [3.63, 3.8) is 0 Å². The summed E-state index contributed by atoms with van der Waals surface area (Å²) in [6.07, 6.45) is -0.163. The minimum atomic E-state index is -5.08. The first-order valence-electron chi connectivity index (χ1n) is 11.0. The number of hydrogen-bond acceptors (Lipinski definition) is 8. The second-order valence-corrected chi connectivity index (χ2v) is 7.94. The molecule has 5 rings (SSSR count). The van der Waals surface area contributed by atoms with Crippen LogP contribution in [0.25, 0.3) is 22.2 Å². The lowest BCUT2D eigenvalue weighted by Crippen LogP contribution is -2.21. The van der Waals surface area contributed by atoms with E-state index < -0.39 is 17.9 Å².